The van der Waals surface area contributed by atoms with E-state index in [-0.39, 0.29) is 16.2 Å². The molecule has 10 heavy (non-hydrogen) atoms. The van der Waals surface area contributed by atoms with Crippen LogP contribution in [0.2, 0.25) is 0 Å². The molecule has 0 unspecified atom stereocenters. The third kappa shape index (κ3) is 3.03. The normalized spacial score (nSPS) is 8.50. The standard InChI is InChI=1S/C5H8O4Si/c1-3(2)8-4(6)5(7)9-10/h1H2,2,10H3. The predicted molar refractivity (Wildman–Crippen MR) is 36.9 cm³/mol. The number of carbonyl (C=O) groups is 2. The highest BCUT2D eigenvalue weighted by atomic mass is 28.2. The zero-order valence-electron chi connectivity index (χ0n) is 5.84. The molecule has 0 saturated carbocycles. The summed E-state index contributed by atoms with van der Waals surface area (Å²) in [7, 11) is 0.191. The fraction of sp³-hybridized carbons (Fsp3) is 0.200. The molecule has 0 amide bonds. The molecule has 0 radical (unpaired) electrons. The van der Waals surface area contributed by atoms with E-state index in [9.17, 15) is 9.59 Å². The van der Waals surface area contributed by atoms with E-state index in [4.69, 9.17) is 0 Å². The van der Waals surface area contributed by atoms with Crippen molar-refractivity contribution in [3.05, 3.63) is 12.3 Å². The Balaban J connectivity index is 3.86. The van der Waals surface area contributed by atoms with Gasteiger partial charge in [0.2, 0.25) is 10.5 Å². The van der Waals surface area contributed by atoms with E-state index in [0.29, 0.717) is 0 Å². The van der Waals surface area contributed by atoms with Crippen molar-refractivity contribution in [1.29, 1.82) is 0 Å². The van der Waals surface area contributed by atoms with Gasteiger partial charge in [-0.05, 0) is 6.92 Å². The first-order chi connectivity index (χ1) is 4.57. The lowest BCUT2D eigenvalue weighted by atomic mass is 10.6. The minimum Gasteiger partial charge on any atom is -0.521 e. The van der Waals surface area contributed by atoms with Crippen molar-refractivity contribution in [2.24, 2.45) is 0 Å². The number of hydrogen-bond acceptors (Lipinski definition) is 4. The maximum atomic E-state index is 10.4. The molecule has 0 heterocycles. The van der Waals surface area contributed by atoms with Gasteiger partial charge in [0.05, 0.1) is 5.76 Å². The average molecular weight is 160 g/mol. The molecule has 0 bridgehead atoms. The van der Waals surface area contributed by atoms with Crippen LogP contribution in [0.3, 0.4) is 0 Å². The van der Waals surface area contributed by atoms with Crippen molar-refractivity contribution in [3.8, 4) is 0 Å². The van der Waals surface area contributed by atoms with Crippen LogP contribution >= 0.6 is 0 Å². The first-order valence-electron chi connectivity index (χ1n) is 2.53. The van der Waals surface area contributed by atoms with Crippen molar-refractivity contribution in [2.45, 2.75) is 6.92 Å². The van der Waals surface area contributed by atoms with Crippen LogP contribution < -0.4 is 0 Å². The van der Waals surface area contributed by atoms with E-state index < -0.39 is 11.9 Å². The van der Waals surface area contributed by atoms with Gasteiger partial charge in [-0.15, -0.1) is 0 Å². The van der Waals surface area contributed by atoms with Gasteiger partial charge in [0.15, 0.2) is 0 Å². The van der Waals surface area contributed by atoms with Gasteiger partial charge in [0.25, 0.3) is 0 Å². The first-order valence-corrected chi connectivity index (χ1v) is 3.35. The van der Waals surface area contributed by atoms with E-state index in [1.807, 2.05) is 0 Å². The smallest absolute Gasteiger partial charge is 0.421 e. The second kappa shape index (κ2) is 3.83. The molecular weight excluding hydrogens is 152 g/mol. The fourth-order valence-corrected chi connectivity index (χ4v) is 0.450. The molecule has 0 atom stereocenters. The second-order valence-electron chi connectivity index (χ2n) is 1.58. The van der Waals surface area contributed by atoms with E-state index in [1.54, 1.807) is 0 Å². The Morgan fingerprint density at radius 3 is 2.20 bits per heavy atom. The van der Waals surface area contributed by atoms with E-state index >= 15 is 0 Å². The number of esters is 1. The van der Waals surface area contributed by atoms with E-state index in [1.165, 1.54) is 6.92 Å². The minimum absolute atomic E-state index is 0.178. The molecule has 0 aromatic heterocycles. The van der Waals surface area contributed by atoms with Crippen molar-refractivity contribution >= 4 is 22.4 Å². The van der Waals surface area contributed by atoms with Crippen LogP contribution in [0.15, 0.2) is 12.3 Å². The quantitative estimate of drug-likeness (QED) is 0.211. The van der Waals surface area contributed by atoms with Crippen LogP contribution in [0.25, 0.3) is 0 Å². The number of allylic oxidation sites excluding steroid dienone is 1. The van der Waals surface area contributed by atoms with E-state index in [0.717, 1.165) is 0 Å². The van der Waals surface area contributed by atoms with Gasteiger partial charge in [0.1, 0.15) is 0 Å². The van der Waals surface area contributed by atoms with Crippen LogP contribution in [0.4, 0.5) is 0 Å². The Kier molecular flexibility index (Phi) is 3.41. The van der Waals surface area contributed by atoms with Crippen molar-refractivity contribution < 1.29 is 18.8 Å². The van der Waals surface area contributed by atoms with Crippen LogP contribution in [-0.2, 0) is 18.8 Å². The summed E-state index contributed by atoms with van der Waals surface area (Å²) in [4.78, 5) is 20.8. The van der Waals surface area contributed by atoms with Gasteiger partial charge < -0.3 is 9.16 Å². The largest absolute Gasteiger partial charge is 0.521 e. The summed E-state index contributed by atoms with van der Waals surface area (Å²) in [5.41, 5.74) is 0. The van der Waals surface area contributed by atoms with Crippen molar-refractivity contribution in [3.63, 3.8) is 0 Å². The van der Waals surface area contributed by atoms with Gasteiger partial charge in [-0.1, -0.05) is 6.58 Å². The lowest BCUT2D eigenvalue weighted by Gasteiger charge is -1.99. The molecule has 0 aliphatic heterocycles. The summed E-state index contributed by atoms with van der Waals surface area (Å²) in [5.74, 6) is -1.80. The molecule has 0 aliphatic rings. The van der Waals surface area contributed by atoms with Gasteiger partial charge in [-0.2, -0.15) is 0 Å². The number of rotatable bonds is 1. The minimum atomic E-state index is -1.01. The third-order valence-corrected chi connectivity index (χ3v) is 0.990. The molecule has 0 aromatic rings. The molecule has 0 saturated heterocycles. The average Bonchev–Trinajstić information content (AvgIpc) is 1.85. The SMILES string of the molecule is C=C(C)OC(=O)C(=O)O[SiH3]. The molecule has 0 N–H and O–H groups in total. The second-order valence-corrected chi connectivity index (χ2v) is 1.99. The van der Waals surface area contributed by atoms with Gasteiger partial charge in [-0.25, -0.2) is 9.59 Å². The molecule has 5 heteroatoms. The lowest BCUT2D eigenvalue weighted by molar-refractivity contribution is -0.159. The topological polar surface area (TPSA) is 52.6 Å². The molecule has 0 aliphatic carbocycles. The highest BCUT2D eigenvalue weighted by Crippen LogP contribution is 1.91. The maximum absolute atomic E-state index is 10.4. The Labute approximate surface area is 61.4 Å². The Morgan fingerprint density at radius 1 is 1.40 bits per heavy atom. The Bertz CT molecular complexity index is 174. The number of carbonyl (C=O) groups excluding carboxylic acids is 2. The summed E-state index contributed by atoms with van der Waals surface area (Å²) >= 11 is 0. The van der Waals surface area contributed by atoms with Crippen molar-refractivity contribution in [2.75, 3.05) is 0 Å². The molecule has 0 spiro atoms. The lowest BCUT2D eigenvalue weighted by Crippen LogP contribution is -2.18. The molecular formula is C5H8O4Si. The van der Waals surface area contributed by atoms with Crippen LogP contribution in [0, 0.1) is 0 Å². The zero-order valence-corrected chi connectivity index (χ0v) is 7.84. The van der Waals surface area contributed by atoms with E-state index in [2.05, 4.69) is 15.7 Å². The maximum Gasteiger partial charge on any atom is 0.421 e. The summed E-state index contributed by atoms with van der Waals surface area (Å²) in [6.07, 6.45) is 0. The van der Waals surface area contributed by atoms with Gasteiger partial charge in [0, 0.05) is 0 Å². The fourth-order valence-electron chi connectivity index (χ4n) is 0.283. The van der Waals surface area contributed by atoms with Crippen LogP contribution in [-0.4, -0.2) is 22.4 Å². The van der Waals surface area contributed by atoms with Crippen LogP contribution in [0.1, 0.15) is 6.92 Å². The highest BCUT2D eigenvalue weighted by molar-refractivity contribution is 6.33. The van der Waals surface area contributed by atoms with Gasteiger partial charge in [-0.3, -0.25) is 0 Å². The Hall–Kier alpha value is -1.10. The first kappa shape index (κ1) is 8.90. The number of hydrogen-bond donors (Lipinski definition) is 0. The predicted octanol–water partition coefficient (Wildman–Crippen LogP) is -1.11. The summed E-state index contributed by atoms with van der Waals surface area (Å²) in [6, 6.07) is 0. The monoisotopic (exact) mass is 160 g/mol. The van der Waals surface area contributed by atoms with Crippen molar-refractivity contribution in [1.82, 2.24) is 0 Å². The van der Waals surface area contributed by atoms with Gasteiger partial charge >= 0.3 is 11.9 Å². The summed E-state index contributed by atoms with van der Waals surface area (Å²) < 4.78 is 8.51. The van der Waals surface area contributed by atoms with Crippen LogP contribution in [0.5, 0.6) is 0 Å². The molecule has 0 fully saturated rings. The third-order valence-electron chi connectivity index (χ3n) is 0.619. The highest BCUT2D eigenvalue weighted by Gasteiger charge is 2.14. The zero-order chi connectivity index (χ0) is 8.15. The molecule has 0 rings (SSSR count). The number of ether oxygens (including phenoxy) is 1. The molecule has 4 nitrogen and oxygen atoms in total. The summed E-state index contributed by atoms with van der Waals surface area (Å²) in [5, 5.41) is 0. The molecule has 56 valence electrons. The summed E-state index contributed by atoms with van der Waals surface area (Å²) in [6.45, 7) is 4.74. The molecule has 0 aromatic carbocycles. The Morgan fingerprint density at radius 2 is 1.90 bits per heavy atom.